The molecule has 0 bridgehead atoms. The Balaban J connectivity index is 1.81. The van der Waals surface area contributed by atoms with Crippen molar-refractivity contribution in [3.8, 4) is 0 Å². The minimum absolute atomic E-state index is 0.328. The predicted molar refractivity (Wildman–Crippen MR) is 83.6 cm³/mol. The lowest BCUT2D eigenvalue weighted by Gasteiger charge is -2.30. The number of nitrogens with one attached hydrogen (secondary N) is 3. The molecule has 1 aliphatic rings. The van der Waals surface area contributed by atoms with E-state index in [4.69, 9.17) is 12.2 Å². The number of benzene rings is 1. The van der Waals surface area contributed by atoms with E-state index < -0.39 is 5.60 Å². The first kappa shape index (κ1) is 13.7. The molecule has 7 heteroatoms. The highest BCUT2D eigenvalue weighted by atomic mass is 32.2. The molecule has 1 aliphatic heterocycles. The fraction of sp³-hybridized carbons (Fsp3) is 0.385. The summed E-state index contributed by atoms with van der Waals surface area (Å²) in [6.45, 7) is 0. The van der Waals surface area contributed by atoms with Crippen molar-refractivity contribution < 1.29 is 9.90 Å². The summed E-state index contributed by atoms with van der Waals surface area (Å²) in [6, 6.07) is 5.44. The van der Waals surface area contributed by atoms with Gasteiger partial charge < -0.3 is 20.4 Å². The molecule has 2 aromatic rings. The fourth-order valence-electron chi connectivity index (χ4n) is 2.29. The third kappa shape index (κ3) is 2.61. The summed E-state index contributed by atoms with van der Waals surface area (Å²) in [6.07, 6.45) is 0.997. The Morgan fingerprint density at radius 2 is 2.00 bits per heavy atom. The number of H-pyrrole nitrogens is 2. The minimum Gasteiger partial charge on any atom is -0.380 e. The molecule has 1 saturated heterocycles. The molecule has 0 saturated carbocycles. The number of hydrogen-bond acceptors (Lipinski definition) is 4. The number of aromatic amines is 2. The standard InChI is InChI=1S/C13H15N3O2S2/c17-11(13(18)3-5-20-6-4-13)14-8-1-2-9-10(7-8)16-12(19)15-9/h1-2,7,18H,3-6H2,(H,14,17)(H2,15,16,19). The van der Waals surface area contributed by atoms with Gasteiger partial charge in [0.05, 0.1) is 11.0 Å². The fourth-order valence-corrected chi connectivity index (χ4v) is 3.68. The van der Waals surface area contributed by atoms with Gasteiger partial charge in [-0.1, -0.05) is 0 Å². The second-order valence-electron chi connectivity index (χ2n) is 4.94. The van der Waals surface area contributed by atoms with E-state index in [0.29, 0.717) is 23.3 Å². The first-order valence-electron chi connectivity index (χ1n) is 6.40. The van der Waals surface area contributed by atoms with Gasteiger partial charge in [0.2, 0.25) is 0 Å². The van der Waals surface area contributed by atoms with E-state index in [-0.39, 0.29) is 5.91 Å². The van der Waals surface area contributed by atoms with Crippen LogP contribution in [0.5, 0.6) is 0 Å². The van der Waals surface area contributed by atoms with Crippen molar-refractivity contribution in [1.82, 2.24) is 9.97 Å². The van der Waals surface area contributed by atoms with Gasteiger partial charge in [-0.25, -0.2) is 0 Å². The molecule has 0 unspecified atom stereocenters. The first-order chi connectivity index (χ1) is 9.57. The summed E-state index contributed by atoms with van der Waals surface area (Å²) in [5.74, 6) is 1.30. The number of hydrogen-bond donors (Lipinski definition) is 4. The summed E-state index contributed by atoms with van der Waals surface area (Å²) in [5, 5.41) is 13.1. The second-order valence-corrected chi connectivity index (χ2v) is 6.57. The Labute approximate surface area is 125 Å². The maximum atomic E-state index is 12.2. The van der Waals surface area contributed by atoms with Crippen molar-refractivity contribution in [3.63, 3.8) is 0 Å². The van der Waals surface area contributed by atoms with Gasteiger partial charge in [-0.3, -0.25) is 4.79 Å². The van der Waals surface area contributed by atoms with E-state index in [0.717, 1.165) is 22.5 Å². The third-order valence-electron chi connectivity index (χ3n) is 3.52. The van der Waals surface area contributed by atoms with Gasteiger partial charge in [-0.15, -0.1) is 0 Å². The molecule has 1 aromatic heterocycles. The monoisotopic (exact) mass is 309 g/mol. The zero-order chi connectivity index (χ0) is 14.2. The molecule has 2 heterocycles. The van der Waals surface area contributed by atoms with Crippen molar-refractivity contribution >= 4 is 46.6 Å². The van der Waals surface area contributed by atoms with E-state index in [1.165, 1.54) is 0 Å². The Morgan fingerprint density at radius 3 is 2.75 bits per heavy atom. The Hall–Kier alpha value is -1.31. The number of aliphatic hydroxyl groups is 1. The largest absolute Gasteiger partial charge is 0.380 e. The van der Waals surface area contributed by atoms with Gasteiger partial charge in [0.1, 0.15) is 5.60 Å². The number of amides is 1. The van der Waals surface area contributed by atoms with Crippen LogP contribution in [0.3, 0.4) is 0 Å². The van der Waals surface area contributed by atoms with Gasteiger partial charge in [-0.05, 0) is 54.8 Å². The van der Waals surface area contributed by atoms with Gasteiger partial charge in [0.25, 0.3) is 5.91 Å². The van der Waals surface area contributed by atoms with Crippen LogP contribution >= 0.6 is 24.0 Å². The van der Waals surface area contributed by atoms with Crippen LogP contribution in [0.25, 0.3) is 11.0 Å². The minimum atomic E-state index is -1.24. The predicted octanol–water partition coefficient (Wildman–Crippen LogP) is 2.42. The van der Waals surface area contributed by atoms with Crippen LogP contribution in [-0.2, 0) is 4.79 Å². The lowest BCUT2D eigenvalue weighted by Crippen LogP contribution is -2.45. The molecule has 4 N–H and O–H groups in total. The number of fused-ring (bicyclic) bond motifs is 1. The van der Waals surface area contributed by atoms with Gasteiger partial charge in [0.15, 0.2) is 4.77 Å². The number of thioether (sulfide) groups is 1. The summed E-state index contributed by atoms with van der Waals surface area (Å²) in [4.78, 5) is 18.2. The molecular formula is C13H15N3O2S2. The smallest absolute Gasteiger partial charge is 0.256 e. The molecule has 5 nitrogen and oxygen atoms in total. The summed E-state index contributed by atoms with van der Waals surface area (Å²) in [5.41, 5.74) is 1.13. The summed E-state index contributed by atoms with van der Waals surface area (Å²) in [7, 11) is 0. The van der Waals surface area contributed by atoms with Crippen molar-refractivity contribution in [3.05, 3.63) is 23.0 Å². The van der Waals surface area contributed by atoms with Crippen LogP contribution in [0, 0.1) is 4.77 Å². The van der Waals surface area contributed by atoms with Crippen LogP contribution in [0.15, 0.2) is 18.2 Å². The molecule has 1 fully saturated rings. The molecule has 1 aromatic carbocycles. The molecule has 0 spiro atoms. The second kappa shape index (κ2) is 5.23. The van der Waals surface area contributed by atoms with Crippen molar-refractivity contribution in [2.75, 3.05) is 16.8 Å². The third-order valence-corrected chi connectivity index (χ3v) is 4.71. The Bertz CT molecular complexity index is 701. The molecule has 1 amide bonds. The number of anilines is 1. The van der Waals surface area contributed by atoms with Crippen LogP contribution in [0.4, 0.5) is 5.69 Å². The zero-order valence-corrected chi connectivity index (χ0v) is 12.4. The highest BCUT2D eigenvalue weighted by molar-refractivity contribution is 7.99. The number of carbonyl (C=O) groups excluding carboxylic acids is 1. The summed E-state index contributed by atoms with van der Waals surface area (Å²) < 4.78 is 0.548. The van der Waals surface area contributed by atoms with Crippen LogP contribution in [0.1, 0.15) is 12.8 Å². The van der Waals surface area contributed by atoms with E-state index in [2.05, 4.69) is 15.3 Å². The van der Waals surface area contributed by atoms with E-state index in [1.54, 1.807) is 23.9 Å². The topological polar surface area (TPSA) is 80.9 Å². The average molecular weight is 309 g/mol. The highest BCUT2D eigenvalue weighted by Crippen LogP contribution is 2.28. The molecule has 0 radical (unpaired) electrons. The van der Waals surface area contributed by atoms with Crippen molar-refractivity contribution in [1.29, 1.82) is 0 Å². The quantitative estimate of drug-likeness (QED) is 0.642. The van der Waals surface area contributed by atoms with Gasteiger partial charge in [0, 0.05) is 5.69 Å². The van der Waals surface area contributed by atoms with Crippen LogP contribution < -0.4 is 5.32 Å². The number of rotatable bonds is 2. The van der Waals surface area contributed by atoms with Gasteiger partial charge in [-0.2, -0.15) is 11.8 Å². The maximum Gasteiger partial charge on any atom is 0.256 e. The number of imidazole rings is 1. The Morgan fingerprint density at radius 1 is 1.30 bits per heavy atom. The Kier molecular flexibility index (Phi) is 3.57. The van der Waals surface area contributed by atoms with Crippen LogP contribution in [-0.4, -0.2) is 38.1 Å². The molecular weight excluding hydrogens is 294 g/mol. The average Bonchev–Trinajstić information content (AvgIpc) is 2.79. The van der Waals surface area contributed by atoms with E-state index in [9.17, 15) is 9.90 Å². The zero-order valence-electron chi connectivity index (χ0n) is 10.7. The van der Waals surface area contributed by atoms with Crippen LogP contribution in [0.2, 0.25) is 0 Å². The van der Waals surface area contributed by atoms with E-state index >= 15 is 0 Å². The van der Waals surface area contributed by atoms with Gasteiger partial charge >= 0.3 is 0 Å². The summed E-state index contributed by atoms with van der Waals surface area (Å²) >= 11 is 6.79. The van der Waals surface area contributed by atoms with E-state index in [1.807, 2.05) is 6.07 Å². The maximum absolute atomic E-state index is 12.2. The molecule has 106 valence electrons. The number of aromatic nitrogens is 2. The molecule has 0 aliphatic carbocycles. The molecule has 20 heavy (non-hydrogen) atoms. The normalized spacial score (nSPS) is 18.1. The van der Waals surface area contributed by atoms with Crippen molar-refractivity contribution in [2.45, 2.75) is 18.4 Å². The molecule has 0 atom stereocenters. The SMILES string of the molecule is O=C(Nc1ccc2[nH]c(=S)[nH]c2c1)C1(O)CCSCC1. The highest BCUT2D eigenvalue weighted by Gasteiger charge is 2.37. The lowest BCUT2D eigenvalue weighted by atomic mass is 9.95. The van der Waals surface area contributed by atoms with Crippen molar-refractivity contribution in [2.24, 2.45) is 0 Å². The lowest BCUT2D eigenvalue weighted by molar-refractivity contribution is -0.134. The number of carbonyl (C=O) groups is 1. The first-order valence-corrected chi connectivity index (χ1v) is 7.97. The molecule has 3 rings (SSSR count).